The van der Waals surface area contributed by atoms with Gasteiger partial charge in [-0.05, 0) is 50.0 Å². The zero-order valence-electron chi connectivity index (χ0n) is 10.3. The number of aliphatic hydroxyl groups excluding tert-OH is 1. The first-order valence-electron chi connectivity index (χ1n) is 6.39. The zero-order valence-corrected chi connectivity index (χ0v) is 10.3. The van der Waals surface area contributed by atoms with Crippen LogP contribution in [-0.2, 0) is 6.42 Å². The minimum absolute atomic E-state index is 0.0864. The van der Waals surface area contributed by atoms with Crippen LogP contribution in [0, 0.1) is 18.8 Å². The molecule has 0 amide bonds. The number of rotatable bonds is 2. The van der Waals surface area contributed by atoms with Crippen molar-refractivity contribution in [3.05, 3.63) is 35.4 Å². The van der Waals surface area contributed by atoms with Crippen molar-refractivity contribution < 1.29 is 5.11 Å². The zero-order chi connectivity index (χ0) is 11.5. The molecule has 1 aromatic rings. The molecule has 88 valence electrons. The second kappa shape index (κ2) is 5.01. The van der Waals surface area contributed by atoms with Gasteiger partial charge in [0.25, 0.3) is 0 Å². The highest BCUT2D eigenvalue weighted by atomic mass is 16.3. The van der Waals surface area contributed by atoms with Gasteiger partial charge in [0.05, 0.1) is 6.10 Å². The van der Waals surface area contributed by atoms with Crippen LogP contribution in [0.2, 0.25) is 0 Å². The predicted molar refractivity (Wildman–Crippen MR) is 67.4 cm³/mol. The summed E-state index contributed by atoms with van der Waals surface area (Å²) in [5.41, 5.74) is 2.69. The number of hydrogen-bond donors (Lipinski definition) is 1. The van der Waals surface area contributed by atoms with Gasteiger partial charge in [-0.15, -0.1) is 0 Å². The molecule has 1 aliphatic carbocycles. The molecule has 0 spiro atoms. The molecule has 16 heavy (non-hydrogen) atoms. The van der Waals surface area contributed by atoms with Crippen LogP contribution >= 0.6 is 0 Å². The lowest BCUT2D eigenvalue weighted by Gasteiger charge is -2.31. The Balaban J connectivity index is 2.02. The summed E-state index contributed by atoms with van der Waals surface area (Å²) in [6.45, 7) is 4.43. The van der Waals surface area contributed by atoms with Crippen molar-refractivity contribution >= 4 is 0 Å². The van der Waals surface area contributed by atoms with Crippen molar-refractivity contribution in [3.8, 4) is 0 Å². The molecule has 1 nitrogen and oxygen atoms in total. The van der Waals surface area contributed by atoms with Crippen LogP contribution < -0.4 is 0 Å². The van der Waals surface area contributed by atoms with Gasteiger partial charge in [0.15, 0.2) is 0 Å². The average molecular weight is 218 g/mol. The molecule has 0 aromatic heterocycles. The van der Waals surface area contributed by atoms with E-state index < -0.39 is 0 Å². The van der Waals surface area contributed by atoms with E-state index in [1.54, 1.807) is 0 Å². The smallest absolute Gasteiger partial charge is 0.0571 e. The molecule has 3 unspecified atom stereocenters. The van der Waals surface area contributed by atoms with E-state index in [4.69, 9.17) is 0 Å². The second-order valence-corrected chi connectivity index (χ2v) is 5.44. The number of benzene rings is 1. The number of aliphatic hydroxyl groups is 1. The Hall–Kier alpha value is -0.820. The van der Waals surface area contributed by atoms with Gasteiger partial charge in [0, 0.05) is 0 Å². The minimum Gasteiger partial charge on any atom is -0.393 e. The van der Waals surface area contributed by atoms with Gasteiger partial charge in [0.2, 0.25) is 0 Å². The largest absolute Gasteiger partial charge is 0.393 e. The quantitative estimate of drug-likeness (QED) is 0.807. The molecule has 1 saturated carbocycles. The maximum Gasteiger partial charge on any atom is 0.0571 e. The Labute approximate surface area is 98.5 Å². The van der Waals surface area contributed by atoms with Gasteiger partial charge in [-0.3, -0.25) is 0 Å². The van der Waals surface area contributed by atoms with E-state index in [9.17, 15) is 5.11 Å². The van der Waals surface area contributed by atoms with Gasteiger partial charge < -0.3 is 5.11 Å². The normalized spacial score (nSPS) is 30.3. The van der Waals surface area contributed by atoms with E-state index in [1.807, 2.05) is 0 Å². The first-order chi connectivity index (χ1) is 7.65. The summed E-state index contributed by atoms with van der Waals surface area (Å²) in [6.07, 6.45) is 4.29. The van der Waals surface area contributed by atoms with E-state index in [0.717, 1.165) is 18.8 Å². The highest BCUT2D eigenvalue weighted by Crippen LogP contribution is 2.31. The van der Waals surface area contributed by atoms with Crippen molar-refractivity contribution in [2.75, 3.05) is 0 Å². The molecular weight excluding hydrogens is 196 g/mol. The van der Waals surface area contributed by atoms with Crippen molar-refractivity contribution in [1.29, 1.82) is 0 Å². The summed E-state index contributed by atoms with van der Waals surface area (Å²) >= 11 is 0. The lowest BCUT2D eigenvalue weighted by Crippen LogP contribution is -2.29. The molecule has 3 atom stereocenters. The Morgan fingerprint density at radius 2 is 2.12 bits per heavy atom. The Bertz CT molecular complexity index is 345. The second-order valence-electron chi connectivity index (χ2n) is 5.44. The highest BCUT2D eigenvalue weighted by Gasteiger charge is 2.26. The summed E-state index contributed by atoms with van der Waals surface area (Å²) in [4.78, 5) is 0. The summed E-state index contributed by atoms with van der Waals surface area (Å²) in [5.74, 6) is 1.24. The number of aryl methyl sites for hydroxylation is 1. The van der Waals surface area contributed by atoms with Crippen LogP contribution in [0.4, 0.5) is 0 Å². The van der Waals surface area contributed by atoms with Crippen LogP contribution in [0.15, 0.2) is 24.3 Å². The van der Waals surface area contributed by atoms with Crippen LogP contribution in [0.1, 0.15) is 37.3 Å². The van der Waals surface area contributed by atoms with Gasteiger partial charge in [-0.2, -0.15) is 0 Å². The molecule has 0 radical (unpaired) electrons. The van der Waals surface area contributed by atoms with E-state index in [0.29, 0.717) is 5.92 Å². The summed E-state index contributed by atoms with van der Waals surface area (Å²) < 4.78 is 0. The fourth-order valence-corrected chi connectivity index (χ4v) is 2.84. The molecule has 1 aromatic carbocycles. The number of hydrogen-bond acceptors (Lipinski definition) is 1. The van der Waals surface area contributed by atoms with Crippen molar-refractivity contribution in [1.82, 2.24) is 0 Å². The first kappa shape index (κ1) is 11.7. The SMILES string of the molecule is Cc1cccc(CC2CC(C)CCC2O)c1. The first-order valence-corrected chi connectivity index (χ1v) is 6.39. The molecule has 0 aliphatic heterocycles. The van der Waals surface area contributed by atoms with Gasteiger partial charge in [-0.25, -0.2) is 0 Å². The van der Waals surface area contributed by atoms with Crippen molar-refractivity contribution in [2.45, 2.75) is 45.6 Å². The van der Waals surface area contributed by atoms with Crippen LogP contribution in [0.5, 0.6) is 0 Å². The summed E-state index contributed by atoms with van der Waals surface area (Å²) in [6, 6.07) is 8.66. The molecule has 0 saturated heterocycles. The van der Waals surface area contributed by atoms with Crippen LogP contribution in [0.25, 0.3) is 0 Å². The molecule has 0 heterocycles. The average Bonchev–Trinajstić information content (AvgIpc) is 2.24. The molecule has 1 N–H and O–H groups in total. The maximum absolute atomic E-state index is 10.0. The fourth-order valence-electron chi connectivity index (χ4n) is 2.84. The lowest BCUT2D eigenvalue weighted by molar-refractivity contribution is 0.0519. The van der Waals surface area contributed by atoms with Crippen molar-refractivity contribution in [3.63, 3.8) is 0 Å². The van der Waals surface area contributed by atoms with E-state index in [2.05, 4.69) is 38.1 Å². The molecule has 1 fully saturated rings. The van der Waals surface area contributed by atoms with E-state index >= 15 is 0 Å². The van der Waals surface area contributed by atoms with Gasteiger partial charge in [-0.1, -0.05) is 36.8 Å². The summed E-state index contributed by atoms with van der Waals surface area (Å²) in [7, 11) is 0. The highest BCUT2D eigenvalue weighted by molar-refractivity contribution is 5.22. The monoisotopic (exact) mass is 218 g/mol. The van der Waals surface area contributed by atoms with Crippen molar-refractivity contribution in [2.24, 2.45) is 11.8 Å². The van der Waals surface area contributed by atoms with Gasteiger partial charge in [0.1, 0.15) is 0 Å². The predicted octanol–water partition coefficient (Wildman–Crippen LogP) is 3.33. The Morgan fingerprint density at radius 3 is 2.88 bits per heavy atom. The fraction of sp³-hybridized carbons (Fsp3) is 0.600. The lowest BCUT2D eigenvalue weighted by atomic mass is 9.77. The topological polar surface area (TPSA) is 20.2 Å². The summed E-state index contributed by atoms with van der Waals surface area (Å²) in [5, 5.41) is 10.0. The van der Waals surface area contributed by atoms with Crippen LogP contribution in [0.3, 0.4) is 0 Å². The standard InChI is InChI=1S/C15H22O/c1-11-4-3-5-13(8-11)10-14-9-12(2)6-7-15(14)16/h3-5,8,12,14-16H,6-7,9-10H2,1-2H3. The van der Waals surface area contributed by atoms with Gasteiger partial charge >= 0.3 is 0 Å². The molecule has 1 heteroatoms. The Morgan fingerprint density at radius 1 is 1.31 bits per heavy atom. The molecular formula is C15H22O. The van der Waals surface area contributed by atoms with Crippen LogP contribution in [-0.4, -0.2) is 11.2 Å². The minimum atomic E-state index is -0.0864. The third kappa shape index (κ3) is 2.85. The van der Waals surface area contributed by atoms with E-state index in [-0.39, 0.29) is 6.10 Å². The third-order valence-corrected chi connectivity index (χ3v) is 3.78. The third-order valence-electron chi connectivity index (χ3n) is 3.78. The molecule has 0 bridgehead atoms. The molecule has 2 rings (SSSR count). The maximum atomic E-state index is 10.0. The van der Waals surface area contributed by atoms with E-state index in [1.165, 1.54) is 24.0 Å². The Kier molecular flexibility index (Phi) is 3.65. The molecule has 1 aliphatic rings.